The van der Waals surface area contributed by atoms with Crippen LogP contribution in [0.25, 0.3) is 0 Å². The number of benzene rings is 1. The number of nitrogens with one attached hydrogen (secondary N) is 1. The summed E-state index contributed by atoms with van der Waals surface area (Å²) in [5.41, 5.74) is 2.58. The zero-order valence-corrected chi connectivity index (χ0v) is 18.3. The minimum absolute atomic E-state index is 0.0590. The number of amides is 1. The van der Waals surface area contributed by atoms with E-state index in [9.17, 15) is 4.79 Å². The number of aromatic nitrogens is 3. The molecule has 3 heterocycles. The molecule has 2 aromatic heterocycles. The molecule has 1 atom stereocenters. The van der Waals surface area contributed by atoms with Crippen LogP contribution in [-0.2, 0) is 12.8 Å². The molecule has 1 aliphatic rings. The van der Waals surface area contributed by atoms with Gasteiger partial charge in [0.1, 0.15) is 23.2 Å². The van der Waals surface area contributed by atoms with Gasteiger partial charge in [-0.2, -0.15) is 5.10 Å². The summed E-state index contributed by atoms with van der Waals surface area (Å²) >= 11 is 0. The van der Waals surface area contributed by atoms with E-state index in [1.807, 2.05) is 35.2 Å². The van der Waals surface area contributed by atoms with Crippen molar-refractivity contribution >= 4 is 5.91 Å². The maximum atomic E-state index is 13.2. The number of aromatic amines is 1. The molecule has 0 spiro atoms. The molecule has 7 heteroatoms. The Bertz CT molecular complexity index is 1010. The van der Waals surface area contributed by atoms with Gasteiger partial charge >= 0.3 is 0 Å². The first-order valence-corrected chi connectivity index (χ1v) is 11.1. The van der Waals surface area contributed by atoms with Crippen molar-refractivity contribution < 1.29 is 13.9 Å². The molecule has 4 rings (SSSR count). The monoisotopic (exact) mass is 422 g/mol. The van der Waals surface area contributed by atoms with E-state index >= 15 is 0 Å². The Morgan fingerprint density at radius 3 is 3.06 bits per heavy atom. The Balaban J connectivity index is 1.48. The van der Waals surface area contributed by atoms with Crippen LogP contribution in [0.1, 0.15) is 78.5 Å². The lowest BCUT2D eigenvalue weighted by molar-refractivity contribution is 0.0564. The van der Waals surface area contributed by atoms with Crippen LogP contribution in [0.5, 0.6) is 5.75 Å². The molecule has 0 bridgehead atoms. The fourth-order valence-electron chi connectivity index (χ4n) is 4.09. The van der Waals surface area contributed by atoms with Crippen LogP contribution in [-0.4, -0.2) is 39.6 Å². The van der Waals surface area contributed by atoms with E-state index in [-0.39, 0.29) is 11.9 Å². The third kappa shape index (κ3) is 4.98. The third-order valence-electron chi connectivity index (χ3n) is 5.78. The topological polar surface area (TPSA) is 84.2 Å². The molecule has 1 amide bonds. The molecule has 1 N–H and O–H groups in total. The average Bonchev–Trinajstić information content (AvgIpc) is 3.47. The van der Waals surface area contributed by atoms with Crippen molar-refractivity contribution in [1.29, 1.82) is 0 Å². The predicted octanol–water partition coefficient (Wildman–Crippen LogP) is 4.71. The third-order valence-corrected chi connectivity index (χ3v) is 5.78. The Morgan fingerprint density at radius 2 is 2.23 bits per heavy atom. The standard InChI is InChI=1S/C24H30N4O3/c1-3-4-9-18-15-21(27-26-18)24(29)28-12-6-5-11-22(28)23-25-16-20(31-23)14-17-8-7-10-19(13-17)30-2/h7-8,10,13,15-16,22H,3-6,9,11-12,14H2,1-2H3,(H,26,27)/t22-/m1/s1. The van der Waals surface area contributed by atoms with Crippen LogP contribution in [0.4, 0.5) is 0 Å². The number of carbonyl (C=O) groups excluding carboxylic acids is 1. The number of piperidine rings is 1. The summed E-state index contributed by atoms with van der Waals surface area (Å²) in [5, 5.41) is 7.28. The van der Waals surface area contributed by atoms with E-state index in [4.69, 9.17) is 9.15 Å². The van der Waals surface area contributed by atoms with Gasteiger partial charge in [-0.25, -0.2) is 4.98 Å². The van der Waals surface area contributed by atoms with E-state index in [0.717, 1.165) is 61.3 Å². The SMILES string of the molecule is CCCCc1cc(C(=O)N2CCCC[C@@H]2c2ncc(Cc3cccc(OC)c3)o2)n[nH]1. The summed E-state index contributed by atoms with van der Waals surface area (Å²) in [5.74, 6) is 2.14. The van der Waals surface area contributed by atoms with Crippen LogP contribution in [0.15, 0.2) is 40.9 Å². The van der Waals surface area contributed by atoms with E-state index in [1.165, 1.54) is 0 Å². The number of carbonyl (C=O) groups is 1. The molecule has 7 nitrogen and oxygen atoms in total. The molecule has 0 radical (unpaired) electrons. The normalized spacial score (nSPS) is 16.5. The van der Waals surface area contributed by atoms with Gasteiger partial charge in [0.2, 0.25) is 5.89 Å². The van der Waals surface area contributed by atoms with Crippen LogP contribution in [0.2, 0.25) is 0 Å². The van der Waals surface area contributed by atoms with Gasteiger partial charge in [0.15, 0.2) is 0 Å². The number of unbranched alkanes of at least 4 members (excludes halogenated alkanes) is 1. The molecule has 31 heavy (non-hydrogen) atoms. The molecule has 1 saturated heterocycles. The summed E-state index contributed by atoms with van der Waals surface area (Å²) in [6.45, 7) is 2.84. The number of nitrogens with zero attached hydrogens (tertiary/aromatic N) is 3. The van der Waals surface area contributed by atoms with E-state index < -0.39 is 0 Å². The number of likely N-dealkylation sites (tertiary alicyclic amines) is 1. The smallest absolute Gasteiger partial charge is 0.275 e. The number of methoxy groups -OCH3 is 1. The summed E-state index contributed by atoms with van der Waals surface area (Å²) < 4.78 is 11.4. The van der Waals surface area contributed by atoms with E-state index in [2.05, 4.69) is 22.1 Å². The number of rotatable bonds is 8. The minimum atomic E-state index is -0.156. The number of ether oxygens (including phenoxy) is 1. The molecule has 0 saturated carbocycles. The molecule has 3 aromatic rings. The summed E-state index contributed by atoms with van der Waals surface area (Å²) in [6, 6.07) is 9.64. The van der Waals surface area contributed by atoms with E-state index in [0.29, 0.717) is 24.6 Å². The Hall–Kier alpha value is -3.09. The minimum Gasteiger partial charge on any atom is -0.497 e. The highest BCUT2D eigenvalue weighted by Crippen LogP contribution is 2.32. The fraction of sp³-hybridized carbons (Fsp3) is 0.458. The van der Waals surface area contributed by atoms with Crippen LogP contribution in [0.3, 0.4) is 0 Å². The van der Waals surface area contributed by atoms with Gasteiger partial charge in [-0.15, -0.1) is 0 Å². The fourth-order valence-corrected chi connectivity index (χ4v) is 4.09. The average molecular weight is 423 g/mol. The van der Waals surface area contributed by atoms with Gasteiger partial charge in [0.05, 0.1) is 13.3 Å². The number of hydrogen-bond acceptors (Lipinski definition) is 5. The lowest BCUT2D eigenvalue weighted by atomic mass is 10.0. The highest BCUT2D eigenvalue weighted by molar-refractivity contribution is 5.92. The van der Waals surface area contributed by atoms with Gasteiger partial charge in [0.25, 0.3) is 5.91 Å². The lowest BCUT2D eigenvalue weighted by Crippen LogP contribution is -2.38. The van der Waals surface area contributed by atoms with Crippen molar-refractivity contribution in [1.82, 2.24) is 20.1 Å². The van der Waals surface area contributed by atoms with Gasteiger partial charge in [-0.3, -0.25) is 9.89 Å². The zero-order valence-electron chi connectivity index (χ0n) is 18.3. The summed E-state index contributed by atoms with van der Waals surface area (Å²) in [4.78, 5) is 19.6. The molecule has 1 aromatic carbocycles. The van der Waals surface area contributed by atoms with Crippen LogP contribution in [0, 0.1) is 0 Å². The van der Waals surface area contributed by atoms with Gasteiger partial charge < -0.3 is 14.1 Å². The van der Waals surface area contributed by atoms with Crippen LogP contribution < -0.4 is 4.74 Å². The van der Waals surface area contributed by atoms with Crippen molar-refractivity contribution in [2.45, 2.75) is 57.9 Å². The molecule has 164 valence electrons. The maximum Gasteiger partial charge on any atom is 0.275 e. The van der Waals surface area contributed by atoms with Gasteiger partial charge in [-0.05, 0) is 55.9 Å². The first-order valence-electron chi connectivity index (χ1n) is 11.1. The molecule has 0 aliphatic carbocycles. The van der Waals surface area contributed by atoms with Crippen molar-refractivity contribution in [3.63, 3.8) is 0 Å². The van der Waals surface area contributed by atoms with Gasteiger partial charge in [-0.1, -0.05) is 25.5 Å². The second-order valence-electron chi connectivity index (χ2n) is 8.09. The quantitative estimate of drug-likeness (QED) is 0.568. The number of oxazole rings is 1. The number of aryl methyl sites for hydroxylation is 1. The largest absolute Gasteiger partial charge is 0.497 e. The summed E-state index contributed by atoms with van der Waals surface area (Å²) in [6.07, 6.45) is 8.37. The van der Waals surface area contributed by atoms with Crippen molar-refractivity contribution in [2.24, 2.45) is 0 Å². The molecule has 1 fully saturated rings. The first kappa shape index (κ1) is 21.2. The number of hydrogen-bond donors (Lipinski definition) is 1. The highest BCUT2D eigenvalue weighted by Gasteiger charge is 2.33. The highest BCUT2D eigenvalue weighted by atomic mass is 16.5. The Morgan fingerprint density at radius 1 is 1.32 bits per heavy atom. The molecular formula is C24H30N4O3. The number of H-pyrrole nitrogens is 1. The van der Waals surface area contributed by atoms with Crippen molar-refractivity contribution in [3.8, 4) is 5.75 Å². The van der Waals surface area contributed by atoms with E-state index in [1.54, 1.807) is 13.3 Å². The second-order valence-corrected chi connectivity index (χ2v) is 8.09. The van der Waals surface area contributed by atoms with Crippen LogP contribution >= 0.6 is 0 Å². The zero-order chi connectivity index (χ0) is 21.6. The molecule has 1 aliphatic heterocycles. The lowest BCUT2D eigenvalue weighted by Gasteiger charge is -2.33. The maximum absolute atomic E-state index is 13.2. The molecular weight excluding hydrogens is 392 g/mol. The van der Waals surface area contributed by atoms with Gasteiger partial charge in [0, 0.05) is 18.7 Å². The Kier molecular flexibility index (Phi) is 6.70. The second kappa shape index (κ2) is 9.81. The van der Waals surface area contributed by atoms with Crippen molar-refractivity contribution in [3.05, 3.63) is 65.1 Å². The molecule has 0 unspecified atom stereocenters. The first-order chi connectivity index (χ1) is 15.2. The Labute approximate surface area is 182 Å². The summed E-state index contributed by atoms with van der Waals surface area (Å²) in [7, 11) is 1.66. The van der Waals surface area contributed by atoms with Crippen molar-refractivity contribution in [2.75, 3.05) is 13.7 Å². The predicted molar refractivity (Wildman–Crippen MR) is 117 cm³/mol.